The van der Waals surface area contributed by atoms with Crippen molar-refractivity contribution >= 4 is 11.9 Å². The maximum atomic E-state index is 12.4. The fraction of sp³-hybridized carbons (Fsp3) is 0.700. The summed E-state index contributed by atoms with van der Waals surface area (Å²) in [6, 6.07) is -0.120. The number of aliphatic hydroxyl groups excluding tert-OH is 1. The molecule has 0 aromatic heterocycles. The Morgan fingerprint density at radius 1 is 1.41 bits per heavy atom. The minimum atomic E-state index is -1.95. The molecule has 2 rings (SSSR count). The van der Waals surface area contributed by atoms with Crippen LogP contribution < -0.4 is 0 Å². The Labute approximate surface area is 160 Å². The number of rotatable bonds is 7. The summed E-state index contributed by atoms with van der Waals surface area (Å²) in [6.07, 6.45) is 2.87. The summed E-state index contributed by atoms with van der Waals surface area (Å²) < 4.78 is 11.0. The largest absolute Gasteiger partial charge is 0.459 e. The van der Waals surface area contributed by atoms with E-state index in [0.29, 0.717) is 12.1 Å². The van der Waals surface area contributed by atoms with E-state index in [2.05, 4.69) is 4.90 Å². The van der Waals surface area contributed by atoms with Crippen LogP contribution in [0.2, 0.25) is 0 Å². The summed E-state index contributed by atoms with van der Waals surface area (Å²) in [7, 11) is 0. The molecule has 2 aliphatic rings. The van der Waals surface area contributed by atoms with Gasteiger partial charge in [0.15, 0.2) is 5.60 Å². The van der Waals surface area contributed by atoms with Crippen LogP contribution in [-0.2, 0) is 19.1 Å². The molecule has 4 atom stereocenters. The van der Waals surface area contributed by atoms with E-state index in [1.807, 2.05) is 6.08 Å². The number of nitrogens with zero attached hydrogens (tertiary/aromatic N) is 1. The molecule has 1 fully saturated rings. The van der Waals surface area contributed by atoms with Gasteiger partial charge in [-0.3, -0.25) is 4.90 Å². The zero-order valence-electron chi connectivity index (χ0n) is 16.8. The van der Waals surface area contributed by atoms with E-state index in [0.717, 1.165) is 18.5 Å². The lowest BCUT2D eigenvalue weighted by Crippen LogP contribution is -2.53. The molecule has 0 aromatic rings. The van der Waals surface area contributed by atoms with Gasteiger partial charge in [-0.25, -0.2) is 9.59 Å². The summed E-state index contributed by atoms with van der Waals surface area (Å²) in [5.74, 6) is -1.68. The van der Waals surface area contributed by atoms with Crippen molar-refractivity contribution in [2.24, 2.45) is 5.92 Å². The number of hydrogen-bond donors (Lipinski definition) is 2. The van der Waals surface area contributed by atoms with Gasteiger partial charge in [0.05, 0.1) is 12.1 Å². The smallest absolute Gasteiger partial charge is 0.341 e. The number of allylic oxidation sites excluding steroid dienone is 1. The molecule has 0 aromatic carbocycles. The predicted octanol–water partition coefficient (Wildman–Crippen LogP) is 1.19. The maximum absolute atomic E-state index is 12.4. The lowest BCUT2D eigenvalue weighted by Gasteiger charge is -2.32. The van der Waals surface area contributed by atoms with Crippen molar-refractivity contribution < 1.29 is 29.3 Å². The molecule has 0 saturated carbocycles. The molecule has 0 aliphatic carbocycles. The number of carbonyl (C=O) groups excluding carboxylic acids is 2. The maximum Gasteiger partial charge on any atom is 0.341 e. The molecule has 7 nitrogen and oxygen atoms in total. The summed E-state index contributed by atoms with van der Waals surface area (Å²) in [6.45, 7) is 9.68. The zero-order valence-corrected chi connectivity index (χ0v) is 16.8. The number of fused-ring (bicyclic) bond motifs is 1. The molecule has 2 aliphatic heterocycles. The van der Waals surface area contributed by atoms with Crippen molar-refractivity contribution in [2.75, 3.05) is 19.7 Å². The van der Waals surface area contributed by atoms with Crippen LogP contribution in [0.3, 0.4) is 0 Å². The van der Waals surface area contributed by atoms with Crippen molar-refractivity contribution in [3.05, 3.63) is 23.3 Å². The molecule has 1 saturated heterocycles. The molecule has 152 valence electrons. The van der Waals surface area contributed by atoms with Crippen LogP contribution in [0, 0.1) is 5.92 Å². The first-order chi connectivity index (χ1) is 12.6. The Morgan fingerprint density at radius 3 is 2.63 bits per heavy atom. The SMILES string of the molecule is C/C=C(\C)C(=O)O[C@H]1CCN2CC=C(COC(=O)C(O)(C(C)C)C(C)O)[C@H]12. The normalized spacial score (nSPS) is 26.4. The Morgan fingerprint density at radius 2 is 2.07 bits per heavy atom. The quantitative estimate of drug-likeness (QED) is 0.388. The number of hydrogen-bond acceptors (Lipinski definition) is 7. The van der Waals surface area contributed by atoms with Gasteiger partial charge in [0.25, 0.3) is 0 Å². The molecule has 2 heterocycles. The van der Waals surface area contributed by atoms with Crippen molar-refractivity contribution in [1.29, 1.82) is 0 Å². The van der Waals surface area contributed by atoms with Crippen LogP contribution in [0.5, 0.6) is 0 Å². The topological polar surface area (TPSA) is 96.3 Å². The number of carbonyl (C=O) groups is 2. The summed E-state index contributed by atoms with van der Waals surface area (Å²) in [5.41, 5.74) is -0.542. The van der Waals surface area contributed by atoms with Crippen molar-refractivity contribution in [3.8, 4) is 0 Å². The highest BCUT2D eigenvalue weighted by atomic mass is 16.6. The average Bonchev–Trinajstić information content (AvgIpc) is 3.20. The molecule has 0 spiro atoms. The van der Waals surface area contributed by atoms with E-state index in [9.17, 15) is 19.8 Å². The average molecular weight is 381 g/mol. The first-order valence-electron chi connectivity index (χ1n) is 9.47. The minimum Gasteiger partial charge on any atom is -0.459 e. The molecule has 0 radical (unpaired) electrons. The molecule has 2 unspecified atom stereocenters. The molecule has 0 bridgehead atoms. The van der Waals surface area contributed by atoms with Crippen molar-refractivity contribution in [1.82, 2.24) is 4.90 Å². The van der Waals surface area contributed by atoms with Crippen LogP contribution >= 0.6 is 0 Å². The van der Waals surface area contributed by atoms with E-state index in [-0.39, 0.29) is 24.7 Å². The van der Waals surface area contributed by atoms with E-state index in [4.69, 9.17) is 9.47 Å². The predicted molar refractivity (Wildman–Crippen MR) is 99.8 cm³/mol. The Kier molecular flexibility index (Phi) is 6.83. The monoisotopic (exact) mass is 381 g/mol. The molecular weight excluding hydrogens is 350 g/mol. The molecule has 0 amide bonds. The fourth-order valence-corrected chi connectivity index (χ4v) is 3.63. The van der Waals surface area contributed by atoms with Crippen molar-refractivity contribution in [2.45, 2.75) is 64.9 Å². The highest BCUT2D eigenvalue weighted by Crippen LogP contribution is 2.32. The Bertz CT molecular complexity index is 628. The lowest BCUT2D eigenvalue weighted by molar-refractivity contribution is -0.183. The highest BCUT2D eigenvalue weighted by Gasteiger charge is 2.47. The lowest BCUT2D eigenvalue weighted by atomic mass is 9.85. The van der Waals surface area contributed by atoms with E-state index >= 15 is 0 Å². The van der Waals surface area contributed by atoms with Gasteiger partial charge in [0.2, 0.25) is 0 Å². The van der Waals surface area contributed by atoms with Crippen LogP contribution in [0.25, 0.3) is 0 Å². The Balaban J connectivity index is 2.03. The van der Waals surface area contributed by atoms with Gasteiger partial charge in [0, 0.05) is 18.7 Å². The van der Waals surface area contributed by atoms with Gasteiger partial charge in [-0.05, 0) is 38.7 Å². The van der Waals surface area contributed by atoms with Gasteiger partial charge in [0.1, 0.15) is 12.7 Å². The zero-order chi connectivity index (χ0) is 20.4. The third-order valence-corrected chi connectivity index (χ3v) is 5.64. The van der Waals surface area contributed by atoms with E-state index in [1.54, 1.807) is 33.8 Å². The first kappa shape index (κ1) is 21.6. The van der Waals surface area contributed by atoms with Gasteiger partial charge >= 0.3 is 11.9 Å². The second-order valence-corrected chi connectivity index (χ2v) is 7.66. The van der Waals surface area contributed by atoms with Crippen LogP contribution in [0.15, 0.2) is 23.3 Å². The van der Waals surface area contributed by atoms with Gasteiger partial charge in [-0.15, -0.1) is 0 Å². The van der Waals surface area contributed by atoms with Gasteiger partial charge in [-0.1, -0.05) is 26.0 Å². The molecule has 2 N–H and O–H groups in total. The van der Waals surface area contributed by atoms with Crippen LogP contribution in [-0.4, -0.2) is 70.6 Å². The summed E-state index contributed by atoms with van der Waals surface area (Å²) in [5, 5.41) is 20.4. The molecule has 7 heteroatoms. The molecule has 27 heavy (non-hydrogen) atoms. The number of ether oxygens (including phenoxy) is 2. The highest BCUT2D eigenvalue weighted by molar-refractivity contribution is 5.87. The summed E-state index contributed by atoms with van der Waals surface area (Å²) >= 11 is 0. The van der Waals surface area contributed by atoms with E-state index in [1.165, 1.54) is 6.92 Å². The van der Waals surface area contributed by atoms with Gasteiger partial charge < -0.3 is 19.7 Å². The Hall–Kier alpha value is -1.70. The van der Waals surface area contributed by atoms with Crippen LogP contribution in [0.4, 0.5) is 0 Å². The number of esters is 2. The fourth-order valence-electron chi connectivity index (χ4n) is 3.63. The standard InChI is InChI=1S/C20H31NO6/c1-6-13(4)18(23)27-16-8-10-21-9-7-15(17(16)21)11-26-19(24)20(25,12(2)3)14(5)22/h6-7,12,14,16-17,22,25H,8-11H2,1-5H3/b13-6+/t14?,16-,17+,20?/m0/s1. The van der Waals surface area contributed by atoms with Gasteiger partial charge in [-0.2, -0.15) is 0 Å². The third-order valence-electron chi connectivity index (χ3n) is 5.64. The first-order valence-corrected chi connectivity index (χ1v) is 9.47. The summed E-state index contributed by atoms with van der Waals surface area (Å²) in [4.78, 5) is 26.7. The van der Waals surface area contributed by atoms with Crippen molar-refractivity contribution in [3.63, 3.8) is 0 Å². The number of aliphatic hydroxyl groups is 2. The van der Waals surface area contributed by atoms with E-state index < -0.39 is 23.6 Å². The second-order valence-electron chi connectivity index (χ2n) is 7.66. The van der Waals surface area contributed by atoms with Crippen LogP contribution in [0.1, 0.15) is 41.0 Å². The minimum absolute atomic E-state index is 0.00159. The second kappa shape index (κ2) is 8.54. The third kappa shape index (κ3) is 4.25. The molecular formula is C20H31NO6.